The van der Waals surface area contributed by atoms with E-state index in [2.05, 4.69) is 0 Å². The van der Waals surface area contributed by atoms with Crippen molar-refractivity contribution in [2.24, 2.45) is 5.73 Å². The average molecular weight is 341 g/mol. The van der Waals surface area contributed by atoms with Crippen LogP contribution in [-0.4, -0.2) is 30.7 Å². The minimum Gasteiger partial charge on any atom is -0.464 e. The first-order valence-corrected chi connectivity index (χ1v) is 8.28. The second kappa shape index (κ2) is 8.44. The Morgan fingerprint density at radius 2 is 1.20 bits per heavy atom. The van der Waals surface area contributed by atoms with Crippen molar-refractivity contribution in [3.8, 4) is 0 Å². The molecule has 0 aliphatic carbocycles. The van der Waals surface area contributed by atoms with Gasteiger partial charge in [-0.1, -0.05) is 60.7 Å². The molecule has 2 N–H and O–H groups in total. The van der Waals surface area contributed by atoms with Gasteiger partial charge in [0.2, 0.25) is 5.54 Å². The van der Waals surface area contributed by atoms with E-state index in [-0.39, 0.29) is 13.2 Å². The van der Waals surface area contributed by atoms with Crippen molar-refractivity contribution in [1.82, 2.24) is 0 Å². The van der Waals surface area contributed by atoms with Gasteiger partial charge in [0.15, 0.2) is 0 Å². The molecule has 2 aromatic carbocycles. The normalized spacial score (nSPS) is 11.2. The van der Waals surface area contributed by atoms with Crippen molar-refractivity contribution >= 4 is 11.9 Å². The molecule has 2 rings (SSSR count). The fourth-order valence-electron chi connectivity index (χ4n) is 2.83. The molecule has 132 valence electrons. The molecule has 0 bridgehead atoms. The smallest absolute Gasteiger partial charge is 0.338 e. The van der Waals surface area contributed by atoms with Gasteiger partial charge in [0.05, 0.1) is 13.2 Å². The summed E-state index contributed by atoms with van der Waals surface area (Å²) < 4.78 is 10.3. The van der Waals surface area contributed by atoms with Crippen LogP contribution in [0.3, 0.4) is 0 Å². The molecule has 0 unspecified atom stereocenters. The zero-order chi connectivity index (χ0) is 18.3. The maximum atomic E-state index is 12.7. The predicted molar refractivity (Wildman–Crippen MR) is 94.9 cm³/mol. The number of benzene rings is 2. The SMILES string of the molecule is CCOC(=O)C(N)(C(=O)OCC)C(c1ccccc1)c1ccccc1. The van der Waals surface area contributed by atoms with Gasteiger partial charge in [-0.25, -0.2) is 9.59 Å². The topological polar surface area (TPSA) is 78.6 Å². The van der Waals surface area contributed by atoms with E-state index in [0.717, 1.165) is 11.1 Å². The van der Waals surface area contributed by atoms with Gasteiger partial charge in [0.1, 0.15) is 0 Å². The Labute approximate surface area is 147 Å². The first-order chi connectivity index (χ1) is 12.1. The Morgan fingerprint density at radius 1 is 0.840 bits per heavy atom. The van der Waals surface area contributed by atoms with Gasteiger partial charge in [-0.2, -0.15) is 0 Å². The summed E-state index contributed by atoms with van der Waals surface area (Å²) >= 11 is 0. The van der Waals surface area contributed by atoms with E-state index in [1.165, 1.54) is 0 Å². The zero-order valence-electron chi connectivity index (χ0n) is 14.5. The molecular formula is C20H23NO4. The lowest BCUT2D eigenvalue weighted by molar-refractivity contribution is -0.164. The molecular weight excluding hydrogens is 318 g/mol. The average Bonchev–Trinajstić information content (AvgIpc) is 2.64. The number of hydrogen-bond acceptors (Lipinski definition) is 5. The number of nitrogens with two attached hydrogens (primary N) is 1. The summed E-state index contributed by atoms with van der Waals surface area (Å²) in [6.07, 6.45) is 0. The molecule has 0 saturated carbocycles. The Balaban J connectivity index is 2.65. The first kappa shape index (κ1) is 18.7. The minimum atomic E-state index is -1.98. The number of esters is 2. The van der Waals surface area contributed by atoms with E-state index in [4.69, 9.17) is 15.2 Å². The molecule has 0 saturated heterocycles. The summed E-state index contributed by atoms with van der Waals surface area (Å²) in [5.41, 5.74) is 5.91. The molecule has 0 heterocycles. The third-order valence-electron chi connectivity index (χ3n) is 3.95. The van der Waals surface area contributed by atoms with Crippen LogP contribution in [0.1, 0.15) is 30.9 Å². The lowest BCUT2D eigenvalue weighted by atomic mass is 9.75. The van der Waals surface area contributed by atoms with Gasteiger partial charge in [-0.3, -0.25) is 0 Å². The molecule has 5 heteroatoms. The maximum Gasteiger partial charge on any atom is 0.338 e. The van der Waals surface area contributed by atoms with E-state index in [9.17, 15) is 9.59 Å². The van der Waals surface area contributed by atoms with Crippen molar-refractivity contribution in [2.45, 2.75) is 25.3 Å². The quantitative estimate of drug-likeness (QED) is 0.619. The van der Waals surface area contributed by atoms with Crippen LogP contribution in [0.4, 0.5) is 0 Å². The van der Waals surface area contributed by atoms with Gasteiger partial charge in [0.25, 0.3) is 0 Å². The number of rotatable bonds is 7. The van der Waals surface area contributed by atoms with Crippen LogP contribution in [0.25, 0.3) is 0 Å². The molecule has 2 aromatic rings. The molecule has 0 aliphatic rings. The lowest BCUT2D eigenvalue weighted by Gasteiger charge is -2.33. The maximum absolute atomic E-state index is 12.7. The summed E-state index contributed by atoms with van der Waals surface area (Å²) in [6, 6.07) is 18.4. The lowest BCUT2D eigenvalue weighted by Crippen LogP contribution is -2.61. The van der Waals surface area contributed by atoms with Crippen LogP contribution in [0.5, 0.6) is 0 Å². The highest BCUT2D eigenvalue weighted by molar-refractivity contribution is 6.06. The third-order valence-corrected chi connectivity index (χ3v) is 3.95. The van der Waals surface area contributed by atoms with E-state index in [1.807, 2.05) is 60.7 Å². The van der Waals surface area contributed by atoms with Crippen LogP contribution < -0.4 is 5.73 Å². The molecule has 0 atom stereocenters. The van der Waals surface area contributed by atoms with Crippen molar-refractivity contribution in [2.75, 3.05) is 13.2 Å². The summed E-state index contributed by atoms with van der Waals surface area (Å²) in [5.74, 6) is -2.33. The van der Waals surface area contributed by atoms with Crippen molar-refractivity contribution in [1.29, 1.82) is 0 Å². The number of hydrogen-bond donors (Lipinski definition) is 1. The van der Waals surface area contributed by atoms with Crippen LogP contribution in [-0.2, 0) is 19.1 Å². The Hall–Kier alpha value is -2.66. The molecule has 0 aromatic heterocycles. The molecule has 0 spiro atoms. The van der Waals surface area contributed by atoms with Gasteiger partial charge in [0, 0.05) is 5.92 Å². The fourth-order valence-corrected chi connectivity index (χ4v) is 2.83. The standard InChI is InChI=1S/C20H23NO4/c1-3-24-18(22)20(21,19(23)25-4-2)17(15-11-7-5-8-12-15)16-13-9-6-10-14-16/h5-14,17H,3-4,21H2,1-2H3. The van der Waals surface area contributed by atoms with Crippen molar-refractivity contribution < 1.29 is 19.1 Å². The highest BCUT2D eigenvalue weighted by atomic mass is 16.6. The van der Waals surface area contributed by atoms with Crippen LogP contribution >= 0.6 is 0 Å². The third kappa shape index (κ3) is 3.88. The van der Waals surface area contributed by atoms with E-state index >= 15 is 0 Å². The second-order valence-electron chi connectivity index (χ2n) is 5.56. The molecule has 0 amide bonds. The largest absolute Gasteiger partial charge is 0.464 e. The summed E-state index contributed by atoms with van der Waals surface area (Å²) in [5, 5.41) is 0. The summed E-state index contributed by atoms with van der Waals surface area (Å²) in [6.45, 7) is 3.58. The Bertz CT molecular complexity index is 643. The van der Waals surface area contributed by atoms with Gasteiger partial charge in [-0.05, 0) is 25.0 Å². The Kier molecular flexibility index (Phi) is 6.31. The highest BCUT2D eigenvalue weighted by Crippen LogP contribution is 2.35. The number of carbonyl (C=O) groups is 2. The summed E-state index contributed by atoms with van der Waals surface area (Å²) in [4.78, 5) is 25.4. The molecule has 0 fully saturated rings. The zero-order valence-corrected chi connectivity index (χ0v) is 14.5. The highest BCUT2D eigenvalue weighted by Gasteiger charge is 2.53. The van der Waals surface area contributed by atoms with Gasteiger partial charge < -0.3 is 15.2 Å². The minimum absolute atomic E-state index is 0.119. The molecule has 5 nitrogen and oxygen atoms in total. The van der Waals surface area contributed by atoms with Crippen molar-refractivity contribution in [3.63, 3.8) is 0 Å². The van der Waals surface area contributed by atoms with Crippen molar-refractivity contribution in [3.05, 3.63) is 71.8 Å². The van der Waals surface area contributed by atoms with Crippen LogP contribution in [0, 0.1) is 0 Å². The van der Waals surface area contributed by atoms with Crippen LogP contribution in [0.2, 0.25) is 0 Å². The van der Waals surface area contributed by atoms with Gasteiger partial charge >= 0.3 is 11.9 Å². The monoisotopic (exact) mass is 341 g/mol. The number of ether oxygens (including phenoxy) is 2. The van der Waals surface area contributed by atoms with E-state index < -0.39 is 23.4 Å². The summed E-state index contributed by atoms with van der Waals surface area (Å²) in [7, 11) is 0. The fraction of sp³-hybridized carbons (Fsp3) is 0.300. The first-order valence-electron chi connectivity index (χ1n) is 8.28. The predicted octanol–water partition coefficient (Wildman–Crippen LogP) is 2.64. The molecule has 25 heavy (non-hydrogen) atoms. The van der Waals surface area contributed by atoms with E-state index in [1.54, 1.807) is 13.8 Å². The number of carbonyl (C=O) groups excluding carboxylic acids is 2. The second-order valence-corrected chi connectivity index (χ2v) is 5.56. The van der Waals surface area contributed by atoms with Crippen LogP contribution in [0.15, 0.2) is 60.7 Å². The van der Waals surface area contributed by atoms with Gasteiger partial charge in [-0.15, -0.1) is 0 Å². The molecule has 0 radical (unpaired) electrons. The molecule has 0 aliphatic heterocycles. The van der Waals surface area contributed by atoms with E-state index in [0.29, 0.717) is 0 Å². The Morgan fingerprint density at radius 3 is 1.52 bits per heavy atom.